The standard InChI is InChI=1S/C25H21ClF5N3O4/c1-38-7-6-15(24(37)34-13-3-5-16(23(32)36)19(9-13)25(29,30)31)18-11-33-20(10-21(18)35)17-8-12(26)2-4-14(17)22(27)28/h2-5,8-11,15,22H,6-7H2,1H3,(H2,32,36)(H,33,35)(H,34,37). The fourth-order valence-corrected chi connectivity index (χ4v) is 4.00. The molecule has 0 bridgehead atoms. The molecule has 38 heavy (non-hydrogen) atoms. The molecule has 0 aliphatic heterocycles. The molecule has 1 atom stereocenters. The second-order valence-electron chi connectivity index (χ2n) is 8.14. The van der Waals surface area contributed by atoms with Crippen LogP contribution in [0.25, 0.3) is 11.3 Å². The van der Waals surface area contributed by atoms with Crippen LogP contribution in [-0.4, -0.2) is 30.5 Å². The van der Waals surface area contributed by atoms with Crippen molar-refractivity contribution >= 4 is 29.1 Å². The fourth-order valence-electron chi connectivity index (χ4n) is 3.83. The lowest BCUT2D eigenvalue weighted by atomic mass is 9.94. The highest BCUT2D eigenvalue weighted by atomic mass is 35.5. The monoisotopic (exact) mass is 557 g/mol. The Morgan fingerprint density at radius 1 is 1.11 bits per heavy atom. The highest BCUT2D eigenvalue weighted by molar-refractivity contribution is 6.30. The van der Waals surface area contributed by atoms with Crippen molar-refractivity contribution in [3.63, 3.8) is 0 Å². The second kappa shape index (κ2) is 11.7. The molecule has 202 valence electrons. The minimum atomic E-state index is -4.93. The predicted octanol–water partition coefficient (Wildman–Crippen LogP) is 5.51. The Morgan fingerprint density at radius 2 is 1.82 bits per heavy atom. The number of ether oxygens (including phenoxy) is 1. The van der Waals surface area contributed by atoms with Gasteiger partial charge in [0.1, 0.15) is 0 Å². The lowest BCUT2D eigenvalue weighted by molar-refractivity contribution is -0.138. The van der Waals surface area contributed by atoms with Crippen LogP contribution in [0.2, 0.25) is 5.02 Å². The number of primary amides is 1. The van der Waals surface area contributed by atoms with Gasteiger partial charge in [-0.3, -0.25) is 14.4 Å². The van der Waals surface area contributed by atoms with E-state index in [9.17, 15) is 36.3 Å². The van der Waals surface area contributed by atoms with Crippen molar-refractivity contribution in [1.82, 2.24) is 4.98 Å². The summed E-state index contributed by atoms with van der Waals surface area (Å²) >= 11 is 5.94. The van der Waals surface area contributed by atoms with Gasteiger partial charge < -0.3 is 20.8 Å². The molecule has 0 saturated heterocycles. The summed E-state index contributed by atoms with van der Waals surface area (Å²) in [5.41, 5.74) is 1.50. The fraction of sp³-hybridized carbons (Fsp3) is 0.240. The first kappa shape index (κ1) is 28.8. The SMILES string of the molecule is COCCC(C(=O)Nc1ccc(C(N)=O)c(C(F)(F)F)c1)c1c[nH]c(-c2cc(Cl)ccc2C(F)F)cc1=O. The lowest BCUT2D eigenvalue weighted by Crippen LogP contribution is -2.27. The van der Waals surface area contributed by atoms with Gasteiger partial charge in [-0.25, -0.2) is 8.78 Å². The number of benzene rings is 2. The third kappa shape index (κ3) is 6.56. The highest BCUT2D eigenvalue weighted by Crippen LogP contribution is 2.35. The summed E-state index contributed by atoms with van der Waals surface area (Å²) in [6, 6.07) is 7.16. The summed E-state index contributed by atoms with van der Waals surface area (Å²) in [7, 11) is 1.35. The van der Waals surface area contributed by atoms with Crippen molar-refractivity contribution in [3.05, 3.63) is 86.2 Å². The summed E-state index contributed by atoms with van der Waals surface area (Å²) in [5, 5.41) is 2.48. The maximum Gasteiger partial charge on any atom is 0.417 e. The van der Waals surface area contributed by atoms with Gasteiger partial charge in [0.2, 0.25) is 11.8 Å². The molecule has 1 heterocycles. The lowest BCUT2D eigenvalue weighted by Gasteiger charge is -2.18. The van der Waals surface area contributed by atoms with Crippen LogP contribution >= 0.6 is 11.6 Å². The molecule has 13 heteroatoms. The molecule has 1 unspecified atom stereocenters. The molecule has 0 spiro atoms. The smallest absolute Gasteiger partial charge is 0.385 e. The van der Waals surface area contributed by atoms with Crippen molar-refractivity contribution in [2.45, 2.75) is 24.9 Å². The largest absolute Gasteiger partial charge is 0.417 e. The van der Waals surface area contributed by atoms with Crippen LogP contribution in [0, 0.1) is 0 Å². The van der Waals surface area contributed by atoms with Crippen LogP contribution in [0.1, 0.15) is 45.8 Å². The van der Waals surface area contributed by atoms with Crippen LogP contribution in [0.3, 0.4) is 0 Å². The van der Waals surface area contributed by atoms with Gasteiger partial charge in [0.05, 0.1) is 17.0 Å². The number of aromatic amines is 1. The Morgan fingerprint density at radius 3 is 2.39 bits per heavy atom. The molecule has 0 radical (unpaired) electrons. The van der Waals surface area contributed by atoms with Crippen molar-refractivity contribution in [2.75, 3.05) is 19.0 Å². The molecule has 0 saturated carbocycles. The number of carbonyl (C=O) groups is 2. The van der Waals surface area contributed by atoms with Crippen LogP contribution in [0.5, 0.6) is 0 Å². The second-order valence-corrected chi connectivity index (χ2v) is 8.58. The third-order valence-electron chi connectivity index (χ3n) is 5.64. The number of hydrogen-bond donors (Lipinski definition) is 3. The molecule has 2 amide bonds. The molecular weight excluding hydrogens is 537 g/mol. The van der Waals surface area contributed by atoms with E-state index in [0.29, 0.717) is 6.07 Å². The van der Waals surface area contributed by atoms with E-state index in [1.165, 1.54) is 25.4 Å². The van der Waals surface area contributed by atoms with E-state index >= 15 is 0 Å². The zero-order chi connectivity index (χ0) is 28.2. The summed E-state index contributed by atoms with van der Waals surface area (Å²) in [6.45, 7) is 0.0114. The topological polar surface area (TPSA) is 114 Å². The number of rotatable bonds is 9. The van der Waals surface area contributed by atoms with E-state index < -0.39 is 46.9 Å². The number of halogens is 6. The molecule has 0 fully saturated rings. The number of alkyl halides is 5. The molecule has 4 N–H and O–H groups in total. The van der Waals surface area contributed by atoms with Gasteiger partial charge in [-0.05, 0) is 36.8 Å². The molecule has 3 aromatic rings. The Balaban J connectivity index is 1.98. The molecule has 2 aromatic carbocycles. The van der Waals surface area contributed by atoms with Crippen LogP contribution in [0.15, 0.2) is 53.5 Å². The van der Waals surface area contributed by atoms with Gasteiger partial charge in [-0.15, -0.1) is 0 Å². The van der Waals surface area contributed by atoms with E-state index in [2.05, 4.69) is 10.3 Å². The van der Waals surface area contributed by atoms with E-state index in [1.807, 2.05) is 0 Å². The van der Waals surface area contributed by atoms with Crippen LogP contribution < -0.4 is 16.5 Å². The number of nitrogens with one attached hydrogen (secondary N) is 2. The normalized spacial score (nSPS) is 12.4. The van der Waals surface area contributed by atoms with Crippen molar-refractivity contribution in [3.8, 4) is 11.3 Å². The summed E-state index contributed by atoms with van der Waals surface area (Å²) < 4.78 is 72.2. The van der Waals surface area contributed by atoms with Crippen molar-refractivity contribution in [2.24, 2.45) is 5.73 Å². The maximum absolute atomic E-state index is 13.5. The Kier molecular flexibility index (Phi) is 8.89. The molecule has 0 aliphatic carbocycles. The van der Waals surface area contributed by atoms with Gasteiger partial charge in [0.25, 0.3) is 6.43 Å². The average molecular weight is 558 g/mol. The Bertz CT molecular complexity index is 1410. The minimum Gasteiger partial charge on any atom is -0.385 e. The van der Waals surface area contributed by atoms with Crippen LogP contribution in [0.4, 0.5) is 27.6 Å². The van der Waals surface area contributed by atoms with Crippen LogP contribution in [-0.2, 0) is 15.7 Å². The highest BCUT2D eigenvalue weighted by Gasteiger charge is 2.35. The number of nitrogens with two attached hydrogens (primary N) is 1. The average Bonchev–Trinajstić information content (AvgIpc) is 2.84. The summed E-state index contributed by atoms with van der Waals surface area (Å²) in [6.07, 6.45) is -6.64. The molecule has 3 rings (SSSR count). The zero-order valence-electron chi connectivity index (χ0n) is 19.7. The number of H-pyrrole nitrogens is 1. The zero-order valence-corrected chi connectivity index (χ0v) is 20.4. The number of carbonyl (C=O) groups excluding carboxylic acids is 2. The number of aromatic nitrogens is 1. The number of methoxy groups -OCH3 is 1. The van der Waals surface area contributed by atoms with E-state index in [4.69, 9.17) is 22.1 Å². The molecule has 7 nitrogen and oxygen atoms in total. The number of hydrogen-bond acceptors (Lipinski definition) is 4. The first-order chi connectivity index (χ1) is 17.8. The Hall–Kier alpha value is -3.77. The van der Waals surface area contributed by atoms with Crippen molar-refractivity contribution in [1.29, 1.82) is 0 Å². The van der Waals surface area contributed by atoms with Crippen molar-refractivity contribution < 1.29 is 36.3 Å². The van der Waals surface area contributed by atoms with Gasteiger partial charge in [0, 0.05) is 59.1 Å². The number of amides is 2. The number of pyridine rings is 1. The quantitative estimate of drug-likeness (QED) is 0.301. The minimum absolute atomic E-state index is 0.0109. The molecule has 1 aromatic heterocycles. The third-order valence-corrected chi connectivity index (χ3v) is 5.88. The molecule has 0 aliphatic rings. The predicted molar refractivity (Wildman–Crippen MR) is 130 cm³/mol. The van der Waals surface area contributed by atoms with Gasteiger partial charge in [-0.1, -0.05) is 17.7 Å². The first-order valence-corrected chi connectivity index (χ1v) is 11.3. The van der Waals surface area contributed by atoms with E-state index in [1.54, 1.807) is 0 Å². The first-order valence-electron chi connectivity index (χ1n) is 10.9. The number of anilines is 1. The summed E-state index contributed by atoms with van der Waals surface area (Å²) in [5.74, 6) is -3.32. The molecular formula is C25H21ClF5N3O4. The van der Waals surface area contributed by atoms with Gasteiger partial charge in [-0.2, -0.15) is 13.2 Å². The maximum atomic E-state index is 13.5. The Labute approximate surface area is 217 Å². The van der Waals surface area contributed by atoms with E-state index in [0.717, 1.165) is 24.3 Å². The van der Waals surface area contributed by atoms with Gasteiger partial charge in [0.15, 0.2) is 5.43 Å². The van der Waals surface area contributed by atoms with E-state index in [-0.39, 0.29) is 46.1 Å². The summed E-state index contributed by atoms with van der Waals surface area (Å²) in [4.78, 5) is 40.2. The van der Waals surface area contributed by atoms with Gasteiger partial charge >= 0.3 is 6.18 Å².